The molecule has 1 amide bonds. The van der Waals surface area contributed by atoms with Gasteiger partial charge in [-0.15, -0.1) is 0 Å². The molecule has 158 valence electrons. The van der Waals surface area contributed by atoms with E-state index < -0.39 is 0 Å². The van der Waals surface area contributed by atoms with Gasteiger partial charge >= 0.3 is 0 Å². The summed E-state index contributed by atoms with van der Waals surface area (Å²) in [5.41, 5.74) is 4.06. The number of carbonyl (C=O) groups is 1. The molecule has 0 bridgehead atoms. The van der Waals surface area contributed by atoms with Crippen LogP contribution in [0.15, 0.2) is 40.9 Å². The Morgan fingerprint density at radius 2 is 2.03 bits per heavy atom. The van der Waals surface area contributed by atoms with Gasteiger partial charge in [0.25, 0.3) is 5.91 Å². The number of ether oxygens (including phenoxy) is 1. The van der Waals surface area contributed by atoms with Crippen molar-refractivity contribution in [2.45, 2.75) is 20.3 Å². The molecular weight excluding hydrogens is 462 g/mol. The Morgan fingerprint density at radius 3 is 2.80 bits per heavy atom. The van der Waals surface area contributed by atoms with Gasteiger partial charge in [0, 0.05) is 36.2 Å². The van der Waals surface area contributed by atoms with Crippen molar-refractivity contribution in [1.82, 2.24) is 9.88 Å². The molecule has 1 aliphatic rings. The largest absolute Gasteiger partial charge is 0.379 e. The molecule has 5 nitrogen and oxygen atoms in total. The molecule has 1 aromatic heterocycles. The topological polar surface area (TPSA) is 45.7 Å². The number of aryl methyl sites for hydroxylation is 2. The summed E-state index contributed by atoms with van der Waals surface area (Å²) in [5, 5.41) is 0.769. The van der Waals surface area contributed by atoms with E-state index in [1.54, 1.807) is 11.3 Å². The van der Waals surface area contributed by atoms with E-state index in [9.17, 15) is 4.79 Å². The molecule has 1 saturated heterocycles. The summed E-state index contributed by atoms with van der Waals surface area (Å²) in [4.78, 5) is 22.6. The zero-order chi connectivity index (χ0) is 21.1. The van der Waals surface area contributed by atoms with Crippen molar-refractivity contribution < 1.29 is 9.53 Å². The summed E-state index contributed by atoms with van der Waals surface area (Å²) in [6, 6.07) is 11.8. The number of rotatable bonds is 6. The fourth-order valence-electron chi connectivity index (χ4n) is 3.67. The molecule has 0 N–H and O–H groups in total. The molecule has 0 saturated carbocycles. The minimum absolute atomic E-state index is 0.00768. The van der Waals surface area contributed by atoms with Crippen LogP contribution in [0.2, 0.25) is 0 Å². The Kier molecular flexibility index (Phi) is 6.83. The molecular formula is C23H26BrN3O2S. The average Bonchev–Trinajstić information content (AvgIpc) is 3.19. The van der Waals surface area contributed by atoms with Crippen molar-refractivity contribution in [2.24, 2.45) is 0 Å². The summed E-state index contributed by atoms with van der Waals surface area (Å²) in [6.45, 7) is 9.28. The Balaban J connectivity index is 1.60. The summed E-state index contributed by atoms with van der Waals surface area (Å²) >= 11 is 5.07. The van der Waals surface area contributed by atoms with Gasteiger partial charge in [-0.05, 0) is 55.7 Å². The number of hydrogen-bond acceptors (Lipinski definition) is 5. The van der Waals surface area contributed by atoms with Crippen molar-refractivity contribution in [3.8, 4) is 0 Å². The number of benzene rings is 2. The molecule has 1 aliphatic heterocycles. The van der Waals surface area contributed by atoms with Gasteiger partial charge in [-0.3, -0.25) is 14.6 Å². The summed E-state index contributed by atoms with van der Waals surface area (Å²) in [6.07, 6.45) is 0.897. The number of amides is 1. The van der Waals surface area contributed by atoms with E-state index in [1.165, 1.54) is 11.1 Å². The van der Waals surface area contributed by atoms with Crippen LogP contribution in [0.4, 0.5) is 5.13 Å². The number of anilines is 1. The van der Waals surface area contributed by atoms with Crippen molar-refractivity contribution in [1.29, 1.82) is 0 Å². The molecule has 0 spiro atoms. The van der Waals surface area contributed by atoms with Gasteiger partial charge in [0.05, 0.1) is 23.4 Å². The van der Waals surface area contributed by atoms with Crippen molar-refractivity contribution in [2.75, 3.05) is 44.3 Å². The zero-order valence-corrected chi connectivity index (χ0v) is 19.8. The van der Waals surface area contributed by atoms with E-state index in [-0.39, 0.29) is 5.91 Å². The molecule has 2 aromatic carbocycles. The number of fused-ring (bicyclic) bond motifs is 1. The van der Waals surface area contributed by atoms with Gasteiger partial charge < -0.3 is 4.74 Å². The number of morpholine rings is 1. The highest BCUT2D eigenvalue weighted by molar-refractivity contribution is 9.10. The normalized spacial score (nSPS) is 14.9. The minimum atomic E-state index is -0.00768. The molecule has 1 fully saturated rings. The molecule has 4 rings (SSSR count). The SMILES string of the molecule is Cc1ccc2sc(N(CCCN3CCOCC3)C(=O)c3cccc(Br)c3)nc2c1C. The molecule has 0 radical (unpaired) electrons. The lowest BCUT2D eigenvalue weighted by molar-refractivity contribution is 0.0376. The second kappa shape index (κ2) is 9.56. The number of hydrogen-bond donors (Lipinski definition) is 0. The summed E-state index contributed by atoms with van der Waals surface area (Å²) < 4.78 is 7.46. The van der Waals surface area contributed by atoms with Crippen LogP contribution in [0.5, 0.6) is 0 Å². The lowest BCUT2D eigenvalue weighted by Gasteiger charge is -2.27. The van der Waals surface area contributed by atoms with E-state index in [0.717, 1.165) is 59.1 Å². The standard InChI is InChI=1S/C23H26BrN3O2S/c1-16-7-8-20-21(17(16)2)25-23(30-20)27(10-4-9-26-11-13-29-14-12-26)22(28)18-5-3-6-19(24)15-18/h3,5-8,15H,4,9-14H2,1-2H3. The maximum absolute atomic E-state index is 13.4. The Hall–Kier alpha value is -1.80. The summed E-state index contributed by atoms with van der Waals surface area (Å²) in [7, 11) is 0. The molecule has 0 unspecified atom stereocenters. The molecule has 7 heteroatoms. The molecule has 30 heavy (non-hydrogen) atoms. The highest BCUT2D eigenvalue weighted by atomic mass is 79.9. The first kappa shape index (κ1) is 21.4. The molecule has 3 aromatic rings. The first-order chi connectivity index (χ1) is 14.5. The number of nitrogens with zero attached hydrogens (tertiary/aromatic N) is 3. The average molecular weight is 488 g/mol. The number of aromatic nitrogens is 1. The third kappa shape index (κ3) is 4.75. The first-order valence-electron chi connectivity index (χ1n) is 10.3. The van der Waals surface area contributed by atoms with Gasteiger partial charge in [-0.25, -0.2) is 4.98 Å². The van der Waals surface area contributed by atoms with E-state index in [1.807, 2.05) is 29.2 Å². The van der Waals surface area contributed by atoms with Crippen LogP contribution in [0.25, 0.3) is 10.2 Å². The first-order valence-corrected chi connectivity index (χ1v) is 11.9. The Bertz CT molecular complexity index is 1050. The van der Waals surface area contributed by atoms with E-state index >= 15 is 0 Å². The van der Waals surface area contributed by atoms with Crippen LogP contribution in [0.1, 0.15) is 27.9 Å². The monoisotopic (exact) mass is 487 g/mol. The number of carbonyl (C=O) groups excluding carboxylic acids is 1. The van der Waals surface area contributed by atoms with Crippen LogP contribution in [-0.2, 0) is 4.74 Å². The van der Waals surface area contributed by atoms with Gasteiger partial charge in [0.1, 0.15) is 0 Å². The van der Waals surface area contributed by atoms with Crippen LogP contribution in [-0.4, -0.2) is 55.2 Å². The van der Waals surface area contributed by atoms with E-state index in [0.29, 0.717) is 12.1 Å². The number of thiazole rings is 1. The van der Waals surface area contributed by atoms with Gasteiger partial charge in [0.15, 0.2) is 5.13 Å². The Labute approximate surface area is 189 Å². The zero-order valence-electron chi connectivity index (χ0n) is 17.4. The van der Waals surface area contributed by atoms with Crippen molar-refractivity contribution in [3.05, 3.63) is 57.6 Å². The van der Waals surface area contributed by atoms with Crippen LogP contribution < -0.4 is 4.90 Å². The number of halogens is 1. The lowest BCUT2D eigenvalue weighted by Crippen LogP contribution is -2.39. The lowest BCUT2D eigenvalue weighted by atomic mass is 10.1. The minimum Gasteiger partial charge on any atom is -0.379 e. The predicted octanol–water partition coefficient (Wildman–Crippen LogP) is 5.04. The van der Waals surface area contributed by atoms with E-state index in [4.69, 9.17) is 9.72 Å². The van der Waals surface area contributed by atoms with Gasteiger partial charge in [-0.2, -0.15) is 0 Å². The van der Waals surface area contributed by atoms with E-state index in [2.05, 4.69) is 46.8 Å². The highest BCUT2D eigenvalue weighted by Crippen LogP contribution is 2.33. The molecule has 0 aliphatic carbocycles. The van der Waals surface area contributed by atoms with Crippen molar-refractivity contribution in [3.63, 3.8) is 0 Å². The maximum atomic E-state index is 13.4. The second-order valence-corrected chi connectivity index (χ2v) is 9.55. The quantitative estimate of drug-likeness (QED) is 0.488. The second-order valence-electron chi connectivity index (χ2n) is 7.63. The maximum Gasteiger partial charge on any atom is 0.260 e. The highest BCUT2D eigenvalue weighted by Gasteiger charge is 2.22. The molecule has 0 atom stereocenters. The molecule has 2 heterocycles. The van der Waals surface area contributed by atoms with Crippen LogP contribution in [0.3, 0.4) is 0 Å². The van der Waals surface area contributed by atoms with Gasteiger partial charge in [-0.1, -0.05) is 39.4 Å². The van der Waals surface area contributed by atoms with Crippen LogP contribution in [0, 0.1) is 13.8 Å². The third-order valence-corrected chi connectivity index (χ3v) is 7.12. The Morgan fingerprint density at radius 1 is 1.23 bits per heavy atom. The fourth-order valence-corrected chi connectivity index (χ4v) is 5.12. The van der Waals surface area contributed by atoms with Crippen LogP contribution >= 0.6 is 27.3 Å². The van der Waals surface area contributed by atoms with Crippen molar-refractivity contribution >= 4 is 48.5 Å². The fraction of sp³-hybridized carbons (Fsp3) is 0.391. The third-order valence-electron chi connectivity index (χ3n) is 5.58. The predicted molar refractivity (Wildman–Crippen MR) is 127 cm³/mol. The smallest absolute Gasteiger partial charge is 0.260 e. The van der Waals surface area contributed by atoms with Gasteiger partial charge in [0.2, 0.25) is 0 Å². The summed E-state index contributed by atoms with van der Waals surface area (Å²) in [5.74, 6) is -0.00768.